The smallest absolute Gasteiger partial charge is 0.228 e. The molecule has 1 amide bonds. The normalized spacial score (nSPS) is 22.0. The third kappa shape index (κ3) is 2.80. The predicted octanol–water partition coefficient (Wildman–Crippen LogP) is 0.592. The van der Waals surface area contributed by atoms with Crippen LogP contribution in [0, 0.1) is 5.41 Å². The number of rotatable bonds is 2. The van der Waals surface area contributed by atoms with Gasteiger partial charge >= 0.3 is 0 Å². The van der Waals surface area contributed by atoms with Crippen LogP contribution >= 0.6 is 0 Å². The number of amides is 1. The summed E-state index contributed by atoms with van der Waals surface area (Å²) in [7, 11) is -3.26. The Balaban J connectivity index is 1.82. The Labute approximate surface area is 124 Å². The van der Waals surface area contributed by atoms with Crippen LogP contribution in [0.25, 0.3) is 0 Å². The largest absolute Gasteiger partial charge is 0.317 e. The first-order valence-corrected chi connectivity index (χ1v) is 8.96. The molecule has 1 spiro atoms. The zero-order chi connectivity index (χ0) is 15.1. The minimum absolute atomic E-state index is 0.0551. The first kappa shape index (κ1) is 14.5. The van der Waals surface area contributed by atoms with Gasteiger partial charge in [-0.1, -0.05) is 0 Å². The number of aromatic nitrogens is 1. The fraction of sp³-hybridized carbons (Fsp3) is 0.571. The zero-order valence-electron chi connectivity index (χ0n) is 12.0. The first-order chi connectivity index (χ1) is 9.90. The highest BCUT2D eigenvalue weighted by Crippen LogP contribution is 2.40. The molecule has 114 valence electrons. The monoisotopic (exact) mass is 309 g/mol. The lowest BCUT2D eigenvalue weighted by molar-refractivity contribution is -0.118. The summed E-state index contributed by atoms with van der Waals surface area (Å²) in [5.41, 5.74) is 0.0551. The van der Waals surface area contributed by atoms with Crippen LogP contribution in [0.3, 0.4) is 0 Å². The van der Waals surface area contributed by atoms with E-state index in [2.05, 4.69) is 10.3 Å². The predicted molar refractivity (Wildman–Crippen MR) is 78.9 cm³/mol. The van der Waals surface area contributed by atoms with E-state index in [-0.39, 0.29) is 16.2 Å². The van der Waals surface area contributed by atoms with Gasteiger partial charge in [-0.2, -0.15) is 0 Å². The lowest BCUT2D eigenvalue weighted by atomic mass is 9.78. The number of carbonyl (C=O) groups is 1. The van der Waals surface area contributed by atoms with E-state index < -0.39 is 9.84 Å². The number of anilines is 1. The van der Waals surface area contributed by atoms with Gasteiger partial charge in [-0.25, -0.2) is 13.4 Å². The van der Waals surface area contributed by atoms with Gasteiger partial charge in [-0.05, 0) is 43.5 Å². The van der Waals surface area contributed by atoms with Crippen LogP contribution in [-0.2, 0) is 14.6 Å². The Morgan fingerprint density at radius 1 is 1.29 bits per heavy atom. The minimum atomic E-state index is -3.26. The van der Waals surface area contributed by atoms with Crippen molar-refractivity contribution in [2.45, 2.75) is 24.2 Å². The van der Waals surface area contributed by atoms with E-state index in [1.54, 1.807) is 11.0 Å². The fourth-order valence-electron chi connectivity index (χ4n) is 3.15. The molecule has 2 fully saturated rings. The molecule has 2 aliphatic heterocycles. The van der Waals surface area contributed by atoms with Crippen molar-refractivity contribution in [3.8, 4) is 0 Å². The fourth-order valence-corrected chi connectivity index (χ4v) is 3.71. The SMILES string of the molecule is CS(=O)(=O)c1ccc(N2CC3(CCNCC3)CC2=O)nc1. The van der Waals surface area contributed by atoms with Crippen LogP contribution in [-0.4, -0.2) is 45.2 Å². The molecule has 2 saturated heterocycles. The summed E-state index contributed by atoms with van der Waals surface area (Å²) in [5, 5.41) is 3.32. The standard InChI is InChI=1S/C14H19N3O3S/c1-21(19,20)11-2-3-12(16-9-11)17-10-14(8-13(17)18)4-6-15-7-5-14/h2-3,9,15H,4-8,10H2,1H3. The second kappa shape index (κ2) is 5.06. The molecule has 0 bridgehead atoms. The number of nitrogens with zero attached hydrogens (tertiary/aromatic N) is 2. The molecule has 1 aromatic rings. The third-order valence-corrected chi connectivity index (χ3v) is 5.51. The number of carbonyl (C=O) groups excluding carboxylic acids is 1. The Bertz CT molecular complexity index is 649. The maximum atomic E-state index is 12.3. The molecule has 7 heteroatoms. The van der Waals surface area contributed by atoms with Crippen LogP contribution in [0.2, 0.25) is 0 Å². The van der Waals surface area contributed by atoms with Crippen LogP contribution in [0.4, 0.5) is 5.82 Å². The molecular weight excluding hydrogens is 290 g/mol. The van der Waals surface area contributed by atoms with Crippen molar-refractivity contribution in [1.82, 2.24) is 10.3 Å². The molecule has 1 N–H and O–H groups in total. The van der Waals surface area contributed by atoms with Gasteiger partial charge in [0.05, 0.1) is 4.90 Å². The first-order valence-electron chi connectivity index (χ1n) is 7.07. The van der Waals surface area contributed by atoms with Crippen molar-refractivity contribution in [2.24, 2.45) is 5.41 Å². The van der Waals surface area contributed by atoms with Gasteiger partial charge < -0.3 is 5.32 Å². The maximum absolute atomic E-state index is 12.3. The van der Waals surface area contributed by atoms with Gasteiger partial charge in [0.25, 0.3) is 0 Å². The molecule has 6 nitrogen and oxygen atoms in total. The van der Waals surface area contributed by atoms with E-state index in [0.29, 0.717) is 18.8 Å². The summed E-state index contributed by atoms with van der Waals surface area (Å²) < 4.78 is 22.9. The van der Waals surface area contributed by atoms with Crippen LogP contribution in [0.5, 0.6) is 0 Å². The summed E-state index contributed by atoms with van der Waals surface area (Å²) in [6.07, 6.45) is 5.03. The van der Waals surface area contributed by atoms with Crippen LogP contribution < -0.4 is 10.2 Å². The Kier molecular flexibility index (Phi) is 3.49. The minimum Gasteiger partial charge on any atom is -0.317 e. The van der Waals surface area contributed by atoms with E-state index in [0.717, 1.165) is 32.2 Å². The van der Waals surface area contributed by atoms with Gasteiger partial charge in [-0.15, -0.1) is 0 Å². The van der Waals surface area contributed by atoms with Crippen molar-refractivity contribution in [3.63, 3.8) is 0 Å². The van der Waals surface area contributed by atoms with Gasteiger partial charge in [-0.3, -0.25) is 9.69 Å². The van der Waals surface area contributed by atoms with Crippen molar-refractivity contribution in [1.29, 1.82) is 0 Å². The molecule has 1 aromatic heterocycles. The quantitative estimate of drug-likeness (QED) is 0.865. The number of hydrogen-bond donors (Lipinski definition) is 1. The van der Waals surface area contributed by atoms with Gasteiger partial charge in [0, 0.05) is 25.4 Å². The molecular formula is C14H19N3O3S. The summed E-state index contributed by atoms with van der Waals surface area (Å²) in [6.45, 7) is 2.57. The van der Waals surface area contributed by atoms with E-state index in [1.807, 2.05) is 0 Å². The average Bonchev–Trinajstić information content (AvgIpc) is 2.75. The summed E-state index contributed by atoms with van der Waals surface area (Å²) in [5.74, 6) is 0.624. The van der Waals surface area contributed by atoms with E-state index in [4.69, 9.17) is 0 Å². The van der Waals surface area contributed by atoms with Crippen molar-refractivity contribution in [2.75, 3.05) is 30.8 Å². The van der Waals surface area contributed by atoms with Gasteiger partial charge in [0.2, 0.25) is 5.91 Å². The molecule has 2 aliphatic rings. The van der Waals surface area contributed by atoms with Crippen molar-refractivity contribution < 1.29 is 13.2 Å². The van der Waals surface area contributed by atoms with Gasteiger partial charge in [0.1, 0.15) is 5.82 Å². The lowest BCUT2D eigenvalue weighted by Gasteiger charge is -2.32. The molecule has 0 unspecified atom stereocenters. The zero-order valence-corrected chi connectivity index (χ0v) is 12.8. The molecule has 0 saturated carbocycles. The highest BCUT2D eigenvalue weighted by Gasteiger charge is 2.44. The molecule has 3 heterocycles. The van der Waals surface area contributed by atoms with Crippen molar-refractivity contribution >= 4 is 21.6 Å². The second-order valence-corrected chi connectivity index (χ2v) is 8.05. The third-order valence-electron chi connectivity index (χ3n) is 4.41. The molecule has 0 radical (unpaired) electrons. The topological polar surface area (TPSA) is 79.4 Å². The number of nitrogens with one attached hydrogen (secondary N) is 1. The van der Waals surface area contributed by atoms with E-state index in [9.17, 15) is 13.2 Å². The average molecular weight is 309 g/mol. The summed E-state index contributed by atoms with van der Waals surface area (Å²) >= 11 is 0. The highest BCUT2D eigenvalue weighted by atomic mass is 32.2. The molecule has 0 aliphatic carbocycles. The molecule has 21 heavy (non-hydrogen) atoms. The Morgan fingerprint density at radius 3 is 2.57 bits per heavy atom. The second-order valence-electron chi connectivity index (χ2n) is 6.03. The van der Waals surface area contributed by atoms with Crippen LogP contribution in [0.1, 0.15) is 19.3 Å². The summed E-state index contributed by atoms with van der Waals surface area (Å²) in [6, 6.07) is 3.13. The molecule has 0 atom stereocenters. The molecule has 0 aromatic carbocycles. The number of hydrogen-bond acceptors (Lipinski definition) is 5. The van der Waals surface area contributed by atoms with Gasteiger partial charge in [0.15, 0.2) is 9.84 Å². The maximum Gasteiger partial charge on any atom is 0.228 e. The number of sulfone groups is 1. The van der Waals surface area contributed by atoms with E-state index >= 15 is 0 Å². The highest BCUT2D eigenvalue weighted by molar-refractivity contribution is 7.90. The van der Waals surface area contributed by atoms with E-state index in [1.165, 1.54) is 12.3 Å². The van der Waals surface area contributed by atoms with Crippen molar-refractivity contribution in [3.05, 3.63) is 18.3 Å². The number of pyridine rings is 1. The lowest BCUT2D eigenvalue weighted by Crippen LogP contribution is -2.38. The Morgan fingerprint density at radius 2 is 2.00 bits per heavy atom. The van der Waals surface area contributed by atoms with Crippen LogP contribution in [0.15, 0.2) is 23.2 Å². The summed E-state index contributed by atoms with van der Waals surface area (Å²) in [4.78, 5) is 18.3. The number of piperidine rings is 1. The molecule has 3 rings (SSSR count). The Hall–Kier alpha value is -1.47.